The Morgan fingerprint density at radius 1 is 1.21 bits per heavy atom. The van der Waals surface area contributed by atoms with E-state index < -0.39 is 0 Å². The van der Waals surface area contributed by atoms with E-state index in [-0.39, 0.29) is 24.0 Å². The first-order valence-electron chi connectivity index (χ1n) is 6.72. The molecule has 0 radical (unpaired) electrons. The number of nitrogens with zero attached hydrogens (tertiary/aromatic N) is 2. The molecule has 0 aromatic heterocycles. The third kappa shape index (κ3) is 6.80. The van der Waals surface area contributed by atoms with Gasteiger partial charge in [-0.2, -0.15) is 0 Å². The average Bonchev–Trinajstić information content (AvgIpc) is 2.37. The molecule has 1 aromatic carbocycles. The van der Waals surface area contributed by atoms with Gasteiger partial charge in [-0.05, 0) is 25.8 Å². The summed E-state index contributed by atoms with van der Waals surface area (Å²) in [6.07, 6.45) is 1.08. The van der Waals surface area contributed by atoms with Crippen molar-refractivity contribution < 1.29 is 0 Å². The summed E-state index contributed by atoms with van der Waals surface area (Å²) < 4.78 is 0. The smallest absolute Gasteiger partial charge is 0.193 e. The van der Waals surface area contributed by atoms with Crippen LogP contribution in [0.3, 0.4) is 0 Å². The van der Waals surface area contributed by atoms with Crippen LogP contribution in [0.1, 0.15) is 31.4 Å². The Morgan fingerprint density at radius 3 is 2.37 bits per heavy atom. The molecule has 0 saturated carbocycles. The average molecular weight is 375 g/mol. The first kappa shape index (κ1) is 18.2. The summed E-state index contributed by atoms with van der Waals surface area (Å²) in [6, 6.07) is 8.66. The van der Waals surface area contributed by atoms with Gasteiger partial charge in [-0.3, -0.25) is 4.99 Å². The molecule has 4 heteroatoms. The van der Waals surface area contributed by atoms with Gasteiger partial charge in [0.15, 0.2) is 5.96 Å². The Kier molecular flexibility index (Phi) is 9.65. The minimum Gasteiger partial charge on any atom is -0.357 e. The third-order valence-corrected chi connectivity index (χ3v) is 2.72. The first-order chi connectivity index (χ1) is 8.67. The highest BCUT2D eigenvalue weighted by atomic mass is 127. The van der Waals surface area contributed by atoms with Crippen LogP contribution in [0, 0.1) is 6.92 Å². The van der Waals surface area contributed by atoms with Crippen LogP contribution in [0.15, 0.2) is 29.3 Å². The van der Waals surface area contributed by atoms with E-state index in [0.29, 0.717) is 0 Å². The van der Waals surface area contributed by atoms with Crippen LogP contribution in [0.4, 0.5) is 0 Å². The number of benzene rings is 1. The van der Waals surface area contributed by atoms with Crippen LogP contribution in [0.5, 0.6) is 0 Å². The number of aryl methyl sites for hydroxylation is 1. The molecule has 0 fully saturated rings. The van der Waals surface area contributed by atoms with E-state index in [1.807, 2.05) is 0 Å². The number of hydrogen-bond donors (Lipinski definition) is 1. The molecule has 0 aliphatic rings. The van der Waals surface area contributed by atoms with Gasteiger partial charge in [0, 0.05) is 26.7 Å². The van der Waals surface area contributed by atoms with E-state index >= 15 is 0 Å². The highest BCUT2D eigenvalue weighted by molar-refractivity contribution is 14.0. The van der Waals surface area contributed by atoms with Gasteiger partial charge >= 0.3 is 0 Å². The topological polar surface area (TPSA) is 27.6 Å². The maximum atomic E-state index is 4.58. The Balaban J connectivity index is 0.00000324. The molecular formula is C15H26IN3. The normalized spacial score (nSPS) is 10.8. The van der Waals surface area contributed by atoms with E-state index in [9.17, 15) is 0 Å². The zero-order chi connectivity index (χ0) is 13.4. The van der Waals surface area contributed by atoms with Gasteiger partial charge < -0.3 is 10.2 Å². The lowest BCUT2D eigenvalue weighted by Gasteiger charge is -2.22. The molecule has 0 saturated heterocycles. The third-order valence-electron chi connectivity index (χ3n) is 2.72. The fourth-order valence-corrected chi connectivity index (χ4v) is 1.73. The monoisotopic (exact) mass is 375 g/mol. The second kappa shape index (κ2) is 10.1. The Morgan fingerprint density at radius 2 is 1.84 bits per heavy atom. The molecule has 0 spiro atoms. The van der Waals surface area contributed by atoms with E-state index in [2.05, 4.69) is 67.3 Å². The molecule has 0 atom stereocenters. The number of aliphatic imine (C=N–C) groups is 1. The molecule has 0 aliphatic carbocycles. The van der Waals surface area contributed by atoms with Gasteiger partial charge in [-0.25, -0.2) is 0 Å². The molecule has 0 aliphatic heterocycles. The van der Waals surface area contributed by atoms with Crippen molar-refractivity contribution >= 4 is 29.9 Å². The number of rotatable bonds is 5. The minimum atomic E-state index is 0. The molecule has 1 aromatic rings. The van der Waals surface area contributed by atoms with E-state index in [4.69, 9.17) is 0 Å². The predicted molar refractivity (Wildman–Crippen MR) is 94.3 cm³/mol. The molecule has 19 heavy (non-hydrogen) atoms. The lowest BCUT2D eigenvalue weighted by Crippen LogP contribution is -2.38. The predicted octanol–water partition coefficient (Wildman–Crippen LogP) is 3.42. The van der Waals surface area contributed by atoms with Crippen LogP contribution in [0.2, 0.25) is 0 Å². The van der Waals surface area contributed by atoms with Crippen molar-refractivity contribution in [3.63, 3.8) is 0 Å². The summed E-state index contributed by atoms with van der Waals surface area (Å²) in [5.41, 5.74) is 2.61. The van der Waals surface area contributed by atoms with Crippen molar-refractivity contribution in [2.45, 2.75) is 33.7 Å². The van der Waals surface area contributed by atoms with Crippen molar-refractivity contribution in [3.8, 4) is 0 Å². The summed E-state index contributed by atoms with van der Waals surface area (Å²) in [5, 5.41) is 3.32. The van der Waals surface area contributed by atoms with Crippen LogP contribution in [-0.4, -0.2) is 31.0 Å². The van der Waals surface area contributed by atoms with Gasteiger partial charge in [0.1, 0.15) is 0 Å². The van der Waals surface area contributed by atoms with E-state index in [0.717, 1.165) is 32.0 Å². The highest BCUT2D eigenvalue weighted by Crippen LogP contribution is 2.06. The fraction of sp³-hybridized carbons (Fsp3) is 0.533. The lowest BCUT2D eigenvalue weighted by atomic mass is 10.1. The SMILES string of the molecule is CCCN=C(NCC)N(C)Cc1ccc(C)cc1.I. The van der Waals surface area contributed by atoms with Crippen molar-refractivity contribution in [1.29, 1.82) is 0 Å². The summed E-state index contributed by atoms with van der Waals surface area (Å²) in [5.74, 6) is 0.986. The number of halogens is 1. The first-order valence-corrected chi connectivity index (χ1v) is 6.72. The number of guanidine groups is 1. The second-order valence-corrected chi connectivity index (χ2v) is 4.58. The van der Waals surface area contributed by atoms with Gasteiger partial charge in [-0.15, -0.1) is 24.0 Å². The van der Waals surface area contributed by atoms with Gasteiger partial charge in [-0.1, -0.05) is 36.8 Å². The van der Waals surface area contributed by atoms with Crippen molar-refractivity contribution in [2.75, 3.05) is 20.1 Å². The van der Waals surface area contributed by atoms with Crippen molar-refractivity contribution in [2.24, 2.45) is 4.99 Å². The number of hydrogen-bond acceptors (Lipinski definition) is 1. The Labute approximate surface area is 134 Å². The second-order valence-electron chi connectivity index (χ2n) is 4.58. The van der Waals surface area contributed by atoms with Crippen LogP contribution in [0.25, 0.3) is 0 Å². The molecule has 0 unspecified atom stereocenters. The Hall–Kier alpha value is -0.780. The molecule has 0 bridgehead atoms. The summed E-state index contributed by atoms with van der Waals surface area (Å²) in [7, 11) is 2.08. The van der Waals surface area contributed by atoms with Gasteiger partial charge in [0.25, 0.3) is 0 Å². The molecule has 1 rings (SSSR count). The minimum absolute atomic E-state index is 0. The molecule has 108 valence electrons. The largest absolute Gasteiger partial charge is 0.357 e. The maximum Gasteiger partial charge on any atom is 0.193 e. The number of nitrogens with one attached hydrogen (secondary N) is 1. The quantitative estimate of drug-likeness (QED) is 0.485. The molecule has 0 heterocycles. The molecule has 0 amide bonds. The van der Waals surface area contributed by atoms with E-state index in [1.165, 1.54) is 11.1 Å². The fourth-order valence-electron chi connectivity index (χ4n) is 1.73. The summed E-state index contributed by atoms with van der Waals surface area (Å²) in [6.45, 7) is 9.02. The standard InChI is InChI=1S/C15H25N3.HI/c1-5-11-17-15(16-6-2)18(4)12-14-9-7-13(3)8-10-14;/h7-10H,5-6,11-12H2,1-4H3,(H,16,17);1H. The van der Waals surface area contributed by atoms with Crippen LogP contribution >= 0.6 is 24.0 Å². The zero-order valence-electron chi connectivity index (χ0n) is 12.4. The van der Waals surface area contributed by atoms with Crippen molar-refractivity contribution in [1.82, 2.24) is 10.2 Å². The highest BCUT2D eigenvalue weighted by Gasteiger charge is 2.05. The Bertz CT molecular complexity index is 373. The van der Waals surface area contributed by atoms with Gasteiger partial charge in [0.05, 0.1) is 0 Å². The lowest BCUT2D eigenvalue weighted by molar-refractivity contribution is 0.477. The summed E-state index contributed by atoms with van der Waals surface area (Å²) in [4.78, 5) is 6.75. The molecular weight excluding hydrogens is 349 g/mol. The van der Waals surface area contributed by atoms with Gasteiger partial charge in [0.2, 0.25) is 0 Å². The van der Waals surface area contributed by atoms with E-state index in [1.54, 1.807) is 0 Å². The molecule has 1 N–H and O–H groups in total. The zero-order valence-corrected chi connectivity index (χ0v) is 14.8. The van der Waals surface area contributed by atoms with Crippen LogP contribution < -0.4 is 5.32 Å². The van der Waals surface area contributed by atoms with Crippen molar-refractivity contribution in [3.05, 3.63) is 35.4 Å². The molecule has 3 nitrogen and oxygen atoms in total. The van der Waals surface area contributed by atoms with Crippen LogP contribution in [-0.2, 0) is 6.54 Å². The summed E-state index contributed by atoms with van der Waals surface area (Å²) >= 11 is 0. The maximum absolute atomic E-state index is 4.58.